The summed E-state index contributed by atoms with van der Waals surface area (Å²) in [5.41, 5.74) is 0. The summed E-state index contributed by atoms with van der Waals surface area (Å²) in [7, 11) is 0. The van der Waals surface area contributed by atoms with Gasteiger partial charge in [-0.15, -0.1) is 0 Å². The molecule has 1 aliphatic rings. The Morgan fingerprint density at radius 3 is 2.62 bits per heavy atom. The Kier molecular flexibility index (Phi) is 6.73. The van der Waals surface area contributed by atoms with Crippen molar-refractivity contribution in [2.75, 3.05) is 19.0 Å². The molecule has 1 aliphatic heterocycles. The lowest BCUT2D eigenvalue weighted by molar-refractivity contribution is 0.100. The van der Waals surface area contributed by atoms with Crippen LogP contribution in [0.25, 0.3) is 0 Å². The van der Waals surface area contributed by atoms with Crippen LogP contribution in [-0.4, -0.2) is 24.2 Å². The van der Waals surface area contributed by atoms with Gasteiger partial charge in [-0.1, -0.05) is 26.2 Å². The molecule has 0 spiro atoms. The van der Waals surface area contributed by atoms with Crippen LogP contribution < -0.4 is 0 Å². The molecule has 0 atom stereocenters. The summed E-state index contributed by atoms with van der Waals surface area (Å²) in [4.78, 5) is 0. The van der Waals surface area contributed by atoms with E-state index in [-0.39, 0.29) is 0 Å². The maximum absolute atomic E-state index is 5.32. The molecule has 1 rings (SSSR count). The molecule has 1 nitrogen and oxygen atoms in total. The van der Waals surface area contributed by atoms with Crippen LogP contribution in [0.2, 0.25) is 0 Å². The predicted octanol–water partition coefficient (Wildman–Crippen LogP) is 3.29. The van der Waals surface area contributed by atoms with Crippen molar-refractivity contribution in [3.63, 3.8) is 0 Å². The topological polar surface area (TPSA) is 9.23 Å². The third-order valence-corrected chi connectivity index (χ3v) is 3.88. The van der Waals surface area contributed by atoms with E-state index in [4.69, 9.17) is 4.74 Å². The molecule has 0 saturated carbocycles. The molecular formula is C11H21OS. The highest BCUT2D eigenvalue weighted by atomic mass is 32.2. The molecule has 0 aromatic carbocycles. The molecule has 2 heteroatoms. The monoisotopic (exact) mass is 201 g/mol. The highest BCUT2D eigenvalue weighted by molar-refractivity contribution is 7.99. The Morgan fingerprint density at radius 1 is 1.15 bits per heavy atom. The molecule has 1 heterocycles. The van der Waals surface area contributed by atoms with Gasteiger partial charge in [-0.25, -0.2) is 0 Å². The number of thioether (sulfide) groups is 1. The predicted molar refractivity (Wildman–Crippen MR) is 60.1 cm³/mol. The minimum atomic E-state index is 0.883. The quantitative estimate of drug-likeness (QED) is 0.610. The molecule has 0 aromatic heterocycles. The molecule has 1 saturated heterocycles. The largest absolute Gasteiger partial charge is 0.381 e. The van der Waals surface area contributed by atoms with Gasteiger partial charge in [0, 0.05) is 18.5 Å². The lowest BCUT2D eigenvalue weighted by Gasteiger charge is -2.21. The summed E-state index contributed by atoms with van der Waals surface area (Å²) in [6.45, 7) is 5.82. The Labute approximate surface area is 86.6 Å². The fourth-order valence-corrected chi connectivity index (χ4v) is 2.78. The van der Waals surface area contributed by atoms with E-state index in [1.807, 2.05) is 0 Å². The zero-order valence-corrected chi connectivity index (χ0v) is 9.28. The van der Waals surface area contributed by atoms with E-state index in [1.54, 1.807) is 0 Å². The van der Waals surface area contributed by atoms with Crippen LogP contribution in [0.5, 0.6) is 0 Å². The molecule has 0 bridgehead atoms. The Hall–Kier alpha value is 0.310. The second-order valence-electron chi connectivity index (χ2n) is 3.60. The van der Waals surface area contributed by atoms with Gasteiger partial charge in [0.15, 0.2) is 0 Å². The maximum atomic E-state index is 5.32. The van der Waals surface area contributed by atoms with Crippen LogP contribution >= 0.6 is 11.8 Å². The summed E-state index contributed by atoms with van der Waals surface area (Å²) in [6.07, 6.45) is 7.66. The van der Waals surface area contributed by atoms with Gasteiger partial charge in [-0.2, -0.15) is 11.8 Å². The normalized spacial score (nSPS) is 19.2. The van der Waals surface area contributed by atoms with Crippen molar-refractivity contribution >= 4 is 11.8 Å². The van der Waals surface area contributed by atoms with E-state index in [0.29, 0.717) is 0 Å². The van der Waals surface area contributed by atoms with E-state index in [1.165, 1.54) is 37.9 Å². The molecule has 1 radical (unpaired) electrons. The smallest absolute Gasteiger partial charge is 0.0476 e. The van der Waals surface area contributed by atoms with Crippen molar-refractivity contribution in [3.05, 3.63) is 6.92 Å². The molecule has 0 N–H and O–H groups in total. The third-order valence-electron chi connectivity index (χ3n) is 2.42. The Morgan fingerprint density at radius 2 is 1.92 bits per heavy atom. The van der Waals surface area contributed by atoms with Crippen LogP contribution in [-0.2, 0) is 4.74 Å². The second kappa shape index (κ2) is 7.69. The SMILES string of the molecule is [CH2]CCCCCSC1CCOCC1. The van der Waals surface area contributed by atoms with Gasteiger partial charge in [-0.3, -0.25) is 0 Å². The van der Waals surface area contributed by atoms with Crippen LogP contribution in [0.1, 0.15) is 38.5 Å². The summed E-state index contributed by atoms with van der Waals surface area (Å²) in [5.74, 6) is 1.34. The van der Waals surface area contributed by atoms with Crippen molar-refractivity contribution in [1.29, 1.82) is 0 Å². The van der Waals surface area contributed by atoms with Gasteiger partial charge in [-0.05, 0) is 25.0 Å². The highest BCUT2D eigenvalue weighted by Crippen LogP contribution is 2.23. The number of unbranched alkanes of at least 4 members (excludes halogenated alkanes) is 3. The standard InChI is InChI=1S/C11H21OS/c1-2-3-4-5-10-13-11-6-8-12-9-7-11/h11H,1-10H2. The van der Waals surface area contributed by atoms with Gasteiger partial charge in [0.25, 0.3) is 0 Å². The van der Waals surface area contributed by atoms with E-state index in [9.17, 15) is 0 Å². The van der Waals surface area contributed by atoms with Crippen molar-refractivity contribution in [1.82, 2.24) is 0 Å². The minimum absolute atomic E-state index is 0.883. The Bertz CT molecular complexity index is 111. The second-order valence-corrected chi connectivity index (χ2v) is 5.00. The lowest BCUT2D eigenvalue weighted by Crippen LogP contribution is -2.17. The molecule has 0 amide bonds. The van der Waals surface area contributed by atoms with Crippen LogP contribution in [0.15, 0.2) is 0 Å². The zero-order valence-electron chi connectivity index (χ0n) is 8.46. The fourth-order valence-electron chi connectivity index (χ4n) is 1.55. The molecule has 1 fully saturated rings. The minimum Gasteiger partial charge on any atom is -0.381 e. The fraction of sp³-hybridized carbons (Fsp3) is 0.909. The van der Waals surface area contributed by atoms with Gasteiger partial charge < -0.3 is 4.74 Å². The van der Waals surface area contributed by atoms with Crippen molar-refractivity contribution in [2.45, 2.75) is 43.8 Å². The first-order valence-electron chi connectivity index (χ1n) is 5.42. The average Bonchev–Trinajstić information content (AvgIpc) is 2.19. The lowest BCUT2D eigenvalue weighted by atomic mass is 10.2. The first-order valence-corrected chi connectivity index (χ1v) is 6.47. The van der Waals surface area contributed by atoms with E-state index < -0.39 is 0 Å². The summed E-state index contributed by atoms with van der Waals surface area (Å²) >= 11 is 2.15. The molecule has 77 valence electrons. The number of ether oxygens (including phenoxy) is 1. The van der Waals surface area contributed by atoms with Gasteiger partial charge in [0.2, 0.25) is 0 Å². The first-order chi connectivity index (χ1) is 6.43. The molecule has 13 heavy (non-hydrogen) atoms. The van der Waals surface area contributed by atoms with Crippen LogP contribution in [0.4, 0.5) is 0 Å². The summed E-state index contributed by atoms with van der Waals surface area (Å²) in [5, 5.41) is 0.883. The maximum Gasteiger partial charge on any atom is 0.0476 e. The van der Waals surface area contributed by atoms with Crippen molar-refractivity contribution < 1.29 is 4.74 Å². The number of hydrogen-bond donors (Lipinski definition) is 0. The van der Waals surface area contributed by atoms with Crippen molar-refractivity contribution in [2.24, 2.45) is 0 Å². The Balaban J connectivity index is 1.86. The molecule has 0 aromatic rings. The summed E-state index contributed by atoms with van der Waals surface area (Å²) < 4.78 is 5.32. The van der Waals surface area contributed by atoms with Gasteiger partial charge in [0.1, 0.15) is 0 Å². The van der Waals surface area contributed by atoms with Crippen LogP contribution in [0.3, 0.4) is 0 Å². The molecule has 0 unspecified atom stereocenters. The van der Waals surface area contributed by atoms with E-state index in [0.717, 1.165) is 24.9 Å². The van der Waals surface area contributed by atoms with E-state index in [2.05, 4.69) is 18.7 Å². The van der Waals surface area contributed by atoms with Gasteiger partial charge >= 0.3 is 0 Å². The molecular weight excluding hydrogens is 180 g/mol. The first kappa shape index (κ1) is 11.4. The highest BCUT2D eigenvalue weighted by Gasteiger charge is 2.12. The van der Waals surface area contributed by atoms with Crippen molar-refractivity contribution in [3.8, 4) is 0 Å². The zero-order chi connectivity index (χ0) is 9.36. The molecule has 0 aliphatic carbocycles. The van der Waals surface area contributed by atoms with E-state index >= 15 is 0 Å². The summed E-state index contributed by atoms with van der Waals surface area (Å²) in [6, 6.07) is 0. The third kappa shape index (κ3) is 5.58. The van der Waals surface area contributed by atoms with Crippen LogP contribution in [0, 0.1) is 6.92 Å². The number of rotatable bonds is 6. The average molecular weight is 201 g/mol. The van der Waals surface area contributed by atoms with Gasteiger partial charge in [0.05, 0.1) is 0 Å². The number of hydrogen-bond acceptors (Lipinski definition) is 2.